The van der Waals surface area contributed by atoms with Gasteiger partial charge in [-0.25, -0.2) is 4.79 Å². The van der Waals surface area contributed by atoms with Crippen molar-refractivity contribution in [2.45, 2.75) is 27.4 Å². The maximum absolute atomic E-state index is 12.8. The Labute approximate surface area is 220 Å². The van der Waals surface area contributed by atoms with Gasteiger partial charge in [-0.15, -0.1) is 0 Å². The number of ketones is 1. The number of hydrogen-bond acceptors (Lipinski definition) is 8. The molecule has 0 aliphatic carbocycles. The summed E-state index contributed by atoms with van der Waals surface area (Å²) >= 11 is 30.7. The van der Waals surface area contributed by atoms with Crippen molar-refractivity contribution < 1.29 is 28.7 Å². The first-order valence-corrected chi connectivity index (χ1v) is 11.7. The summed E-state index contributed by atoms with van der Waals surface area (Å²) in [5.41, 5.74) is -0.442. The van der Waals surface area contributed by atoms with Gasteiger partial charge in [-0.3, -0.25) is 19.3 Å². The van der Waals surface area contributed by atoms with E-state index in [1.54, 1.807) is 30.3 Å². The second-order valence-corrected chi connectivity index (χ2v) is 11.2. The highest BCUT2D eigenvalue weighted by molar-refractivity contribution is 8.00. The van der Waals surface area contributed by atoms with E-state index >= 15 is 0 Å². The molecular formula is C19H18Cl4N2O6S2. The zero-order chi connectivity index (χ0) is 24.9. The zero-order valence-corrected chi connectivity index (χ0v) is 21.6. The Hall–Kier alpha value is -1.30. The van der Waals surface area contributed by atoms with Crippen LogP contribution < -0.4 is 10.1 Å². The van der Waals surface area contributed by atoms with Crippen molar-refractivity contribution in [2.75, 3.05) is 13.2 Å². The molecule has 1 aromatic rings. The van der Waals surface area contributed by atoms with E-state index in [4.69, 9.17) is 55.9 Å². The van der Waals surface area contributed by atoms with Crippen LogP contribution in [0.3, 0.4) is 0 Å². The molecule has 1 fully saturated rings. The first-order chi connectivity index (χ1) is 15.3. The highest BCUT2D eigenvalue weighted by Gasteiger charge is 2.56. The third-order valence-corrected chi connectivity index (χ3v) is 5.22. The molecule has 180 valence electrons. The molecule has 1 N–H and O–H groups in total. The van der Waals surface area contributed by atoms with Crippen LogP contribution in [0.4, 0.5) is 0 Å². The summed E-state index contributed by atoms with van der Waals surface area (Å²) < 4.78 is 7.20. The number of benzene rings is 1. The quantitative estimate of drug-likeness (QED) is 0.104. The highest BCUT2D eigenvalue weighted by atomic mass is 35.6. The predicted molar refractivity (Wildman–Crippen MR) is 131 cm³/mol. The number of thiol groups is 2. The van der Waals surface area contributed by atoms with Crippen molar-refractivity contribution in [3.05, 3.63) is 41.1 Å². The zero-order valence-electron chi connectivity index (χ0n) is 16.8. The molecule has 1 saturated heterocycles. The summed E-state index contributed by atoms with van der Waals surface area (Å²) in [6.45, 7) is 0.257. The number of carbonyl (C=O) groups is 4. The Kier molecular flexibility index (Phi) is 10.1. The summed E-state index contributed by atoms with van der Waals surface area (Å²) in [6, 6.07) is 5.87. The Bertz CT molecular complexity index is 951. The number of Topliss-reactive ketones (excluding diaryl/α,β-unsaturated/α-hetero) is 1. The number of nitrogens with zero attached hydrogens (tertiary/aromatic N) is 1. The Morgan fingerprint density at radius 1 is 1.18 bits per heavy atom. The van der Waals surface area contributed by atoms with Crippen molar-refractivity contribution in [3.8, 4) is 5.75 Å². The predicted octanol–water partition coefficient (Wildman–Crippen LogP) is 2.90. The van der Waals surface area contributed by atoms with Crippen LogP contribution >= 0.6 is 71.7 Å². The van der Waals surface area contributed by atoms with Crippen LogP contribution in [0, 0.1) is 0 Å². The molecule has 1 aliphatic rings. The monoisotopic (exact) mass is 574 g/mol. The Balaban J connectivity index is 2.19. The molecule has 1 heterocycles. The molecule has 2 rings (SSSR count). The molecule has 8 nitrogen and oxygen atoms in total. The fourth-order valence-corrected chi connectivity index (χ4v) is 3.46. The van der Waals surface area contributed by atoms with E-state index in [9.17, 15) is 19.2 Å². The smallest absolute Gasteiger partial charge is 0.356 e. The number of para-hydroxylation sites is 1. The maximum Gasteiger partial charge on any atom is 0.356 e. The second kappa shape index (κ2) is 11.9. The lowest BCUT2D eigenvalue weighted by atomic mass is 9.90. The molecule has 2 amide bonds. The lowest BCUT2D eigenvalue weighted by Crippen LogP contribution is -2.74. The van der Waals surface area contributed by atoms with Crippen LogP contribution in [0.1, 0.15) is 6.92 Å². The first kappa shape index (κ1) is 27.9. The lowest BCUT2D eigenvalue weighted by Gasteiger charge is -2.46. The number of amides is 2. The molecule has 0 bridgehead atoms. The molecule has 0 saturated carbocycles. The standard InChI is InChI=1S/C19H18Cl4N2O6S2/c1-9(20)13(17(29)31-8-19(21,22)23)25-14(15(27)18(32)33)12(16(25)28)24-11(26)7-30-10-5-3-2-4-6-10/h2-6,12,14,18,32-33H,7-8H2,1H3,(H,24,26). The van der Waals surface area contributed by atoms with E-state index in [0.717, 1.165) is 4.90 Å². The molecule has 1 aromatic carbocycles. The van der Waals surface area contributed by atoms with E-state index in [1.165, 1.54) is 6.92 Å². The van der Waals surface area contributed by atoms with E-state index in [2.05, 4.69) is 30.6 Å². The average Bonchev–Trinajstić information content (AvgIpc) is 2.74. The molecule has 0 spiro atoms. The normalized spacial score (nSPS) is 18.9. The van der Waals surface area contributed by atoms with Gasteiger partial charge >= 0.3 is 5.97 Å². The van der Waals surface area contributed by atoms with Crippen molar-refractivity contribution >= 4 is 95.2 Å². The van der Waals surface area contributed by atoms with E-state index in [1.807, 2.05) is 0 Å². The third-order valence-electron chi connectivity index (χ3n) is 4.20. The topological polar surface area (TPSA) is 102 Å². The summed E-state index contributed by atoms with van der Waals surface area (Å²) in [4.78, 5) is 51.2. The number of carbonyl (C=O) groups excluding carboxylic acids is 4. The fraction of sp³-hybridized carbons (Fsp3) is 0.368. The van der Waals surface area contributed by atoms with Crippen molar-refractivity contribution in [1.82, 2.24) is 10.2 Å². The molecule has 0 radical (unpaired) electrons. The minimum atomic E-state index is -1.91. The van der Waals surface area contributed by atoms with Gasteiger partial charge < -0.3 is 14.8 Å². The van der Waals surface area contributed by atoms with Gasteiger partial charge in [-0.2, -0.15) is 25.3 Å². The van der Waals surface area contributed by atoms with Gasteiger partial charge in [-0.1, -0.05) is 64.6 Å². The van der Waals surface area contributed by atoms with Crippen LogP contribution in [-0.4, -0.2) is 62.1 Å². The summed E-state index contributed by atoms with van der Waals surface area (Å²) in [6.07, 6.45) is 0. The van der Waals surface area contributed by atoms with Gasteiger partial charge in [0.2, 0.25) is 3.79 Å². The molecular weight excluding hydrogens is 558 g/mol. The summed E-state index contributed by atoms with van der Waals surface area (Å²) in [5.74, 6) is -2.79. The lowest BCUT2D eigenvalue weighted by molar-refractivity contribution is -0.159. The number of allylic oxidation sites excluding steroid dienone is 1. The molecule has 33 heavy (non-hydrogen) atoms. The summed E-state index contributed by atoms with van der Waals surface area (Å²) in [7, 11) is 0. The van der Waals surface area contributed by atoms with E-state index in [0.29, 0.717) is 5.75 Å². The number of hydrogen-bond donors (Lipinski definition) is 3. The number of β-lactam (4-membered cyclic amide) rings is 1. The van der Waals surface area contributed by atoms with Crippen LogP contribution in [0.5, 0.6) is 5.75 Å². The van der Waals surface area contributed by atoms with Gasteiger partial charge in [0.1, 0.15) is 34.7 Å². The van der Waals surface area contributed by atoms with E-state index in [-0.39, 0.29) is 5.03 Å². The van der Waals surface area contributed by atoms with E-state index < -0.39 is 62.9 Å². The van der Waals surface area contributed by atoms with Crippen LogP contribution in [-0.2, 0) is 23.9 Å². The number of alkyl halides is 3. The van der Waals surface area contributed by atoms with Crippen LogP contribution in [0.2, 0.25) is 0 Å². The summed E-state index contributed by atoms with van der Waals surface area (Å²) in [5, 5.41) is 2.25. The van der Waals surface area contributed by atoms with Crippen LogP contribution in [0.15, 0.2) is 41.1 Å². The first-order valence-electron chi connectivity index (χ1n) is 9.14. The molecule has 2 unspecified atom stereocenters. The number of rotatable bonds is 9. The minimum absolute atomic E-state index is 0.164. The number of nitrogens with one attached hydrogen (secondary N) is 1. The van der Waals surface area contributed by atoms with Gasteiger partial charge in [0.25, 0.3) is 11.8 Å². The Morgan fingerprint density at radius 3 is 2.30 bits per heavy atom. The molecule has 2 atom stereocenters. The fourth-order valence-electron chi connectivity index (χ4n) is 2.82. The van der Waals surface area contributed by atoms with Crippen molar-refractivity contribution in [1.29, 1.82) is 0 Å². The SMILES string of the molecule is CC(Cl)=C(C(=O)OCC(Cl)(Cl)Cl)N1C(=O)C(NC(=O)COc2ccccc2)C1C(=O)C(S)S. The molecule has 1 aliphatic heterocycles. The maximum atomic E-state index is 12.8. The molecule has 14 heteroatoms. The number of halogens is 4. The molecule has 0 aromatic heterocycles. The van der Waals surface area contributed by atoms with Gasteiger partial charge in [0, 0.05) is 5.03 Å². The number of likely N-dealkylation sites (tertiary alicyclic amines) is 1. The van der Waals surface area contributed by atoms with Gasteiger partial charge in [-0.05, 0) is 19.1 Å². The van der Waals surface area contributed by atoms with Crippen LogP contribution in [0.25, 0.3) is 0 Å². The second-order valence-electron chi connectivity index (χ2n) is 6.65. The highest BCUT2D eigenvalue weighted by Crippen LogP contribution is 2.33. The average molecular weight is 576 g/mol. The van der Waals surface area contributed by atoms with Crippen molar-refractivity contribution in [3.63, 3.8) is 0 Å². The number of esters is 1. The third kappa shape index (κ3) is 7.60. The van der Waals surface area contributed by atoms with Crippen molar-refractivity contribution in [2.24, 2.45) is 0 Å². The van der Waals surface area contributed by atoms with Gasteiger partial charge in [0.05, 0.1) is 0 Å². The largest absolute Gasteiger partial charge is 0.484 e. The van der Waals surface area contributed by atoms with Gasteiger partial charge in [0.15, 0.2) is 12.4 Å². The number of ether oxygens (including phenoxy) is 2. The minimum Gasteiger partial charge on any atom is -0.484 e. The Morgan fingerprint density at radius 2 is 1.79 bits per heavy atom.